The molecular formula is C18H26Cl2Zr. The molecule has 0 nitrogen and oxygen atoms in total. The second kappa shape index (κ2) is 12.7. The fraction of sp³-hybridized carbons (Fsp3) is 0.444. The van der Waals surface area contributed by atoms with Crippen LogP contribution < -0.4 is 24.8 Å². The zero-order chi connectivity index (χ0) is 13.7. The zero-order valence-electron chi connectivity index (χ0n) is 14.0. The Hall–Kier alpha value is 0.163. The van der Waals surface area contributed by atoms with Crippen LogP contribution in [0, 0.1) is 34.6 Å². The Labute approximate surface area is 162 Å². The number of hydrogen-bond donors (Lipinski definition) is 0. The van der Waals surface area contributed by atoms with Crippen LogP contribution in [0.5, 0.6) is 0 Å². The monoisotopic (exact) mass is 402 g/mol. The van der Waals surface area contributed by atoms with Gasteiger partial charge in [0.25, 0.3) is 0 Å². The number of hydrogen-bond acceptors (Lipinski definition) is 0. The molecule has 2 rings (SSSR count). The minimum absolute atomic E-state index is 0. The van der Waals surface area contributed by atoms with E-state index in [2.05, 4.69) is 65.8 Å². The molecule has 0 saturated heterocycles. The summed E-state index contributed by atoms with van der Waals surface area (Å²) in [5, 5.41) is 0. The molecule has 0 aliphatic rings. The summed E-state index contributed by atoms with van der Waals surface area (Å²) < 4.78 is 0. The van der Waals surface area contributed by atoms with Crippen molar-refractivity contribution in [2.45, 2.75) is 54.4 Å². The van der Waals surface area contributed by atoms with E-state index in [9.17, 15) is 0 Å². The average molecular weight is 405 g/mol. The Balaban J connectivity index is -0.000000274. The van der Waals surface area contributed by atoms with E-state index in [0.29, 0.717) is 0 Å². The van der Waals surface area contributed by atoms with E-state index in [1.54, 1.807) is 0 Å². The van der Waals surface area contributed by atoms with Crippen molar-refractivity contribution in [3.05, 3.63) is 57.6 Å². The summed E-state index contributed by atoms with van der Waals surface area (Å²) in [6.45, 7) is 13.2. The number of aryl methyl sites for hydroxylation is 1. The van der Waals surface area contributed by atoms with Gasteiger partial charge in [-0.25, -0.2) is 12.1 Å². The van der Waals surface area contributed by atoms with Crippen molar-refractivity contribution < 1.29 is 51.0 Å². The molecule has 0 saturated carbocycles. The van der Waals surface area contributed by atoms with E-state index in [0.717, 1.165) is 0 Å². The number of halogens is 2. The molecule has 21 heavy (non-hydrogen) atoms. The van der Waals surface area contributed by atoms with Crippen molar-refractivity contribution in [3.63, 3.8) is 0 Å². The fourth-order valence-electron chi connectivity index (χ4n) is 2.28. The van der Waals surface area contributed by atoms with E-state index in [4.69, 9.17) is 0 Å². The van der Waals surface area contributed by atoms with E-state index in [-0.39, 0.29) is 51.0 Å². The summed E-state index contributed by atoms with van der Waals surface area (Å²) in [7, 11) is 0. The second-order valence-electron chi connectivity index (χ2n) is 5.17. The maximum absolute atomic E-state index is 2.20. The molecule has 0 spiro atoms. The van der Waals surface area contributed by atoms with Gasteiger partial charge in [-0.1, -0.05) is 54.4 Å². The van der Waals surface area contributed by atoms with Crippen LogP contribution in [-0.4, -0.2) is 0 Å². The molecular weight excluding hydrogens is 378 g/mol. The minimum Gasteiger partial charge on any atom is -1.00 e. The van der Waals surface area contributed by atoms with E-state index in [1.807, 2.05) is 0 Å². The van der Waals surface area contributed by atoms with Gasteiger partial charge < -0.3 is 24.8 Å². The van der Waals surface area contributed by atoms with Gasteiger partial charge >= 0.3 is 26.2 Å². The third-order valence-electron chi connectivity index (χ3n) is 4.08. The maximum atomic E-state index is 2.20. The van der Waals surface area contributed by atoms with Gasteiger partial charge in [-0.3, -0.25) is 0 Å². The molecule has 0 unspecified atom stereocenters. The molecule has 0 heterocycles. The van der Waals surface area contributed by atoms with Crippen molar-refractivity contribution in [1.82, 2.24) is 0 Å². The molecule has 0 aliphatic heterocycles. The predicted octanol–water partition coefficient (Wildman–Crippen LogP) is -0.689. The molecule has 0 aromatic heterocycles. The minimum atomic E-state index is 0. The van der Waals surface area contributed by atoms with Crippen LogP contribution in [0.3, 0.4) is 0 Å². The molecule has 0 radical (unpaired) electrons. The predicted molar refractivity (Wildman–Crippen MR) is 81.8 cm³/mol. The van der Waals surface area contributed by atoms with Crippen molar-refractivity contribution in [2.75, 3.05) is 0 Å². The Bertz CT molecular complexity index is 401. The van der Waals surface area contributed by atoms with E-state index < -0.39 is 0 Å². The van der Waals surface area contributed by atoms with Crippen LogP contribution >= 0.6 is 0 Å². The molecule has 0 amide bonds. The van der Waals surface area contributed by atoms with Crippen molar-refractivity contribution in [2.24, 2.45) is 0 Å². The maximum Gasteiger partial charge on any atom is 4.00 e. The quantitative estimate of drug-likeness (QED) is 0.582. The third-order valence-corrected chi connectivity index (χ3v) is 4.08. The molecule has 2 aromatic rings. The van der Waals surface area contributed by atoms with Crippen LogP contribution in [0.1, 0.15) is 46.7 Å². The largest absolute Gasteiger partial charge is 4.00 e. The Morgan fingerprint density at radius 2 is 1.24 bits per heavy atom. The summed E-state index contributed by atoms with van der Waals surface area (Å²) in [4.78, 5) is 0. The molecule has 0 fully saturated rings. The first-order chi connectivity index (χ1) is 8.49. The van der Waals surface area contributed by atoms with Crippen molar-refractivity contribution in [1.29, 1.82) is 0 Å². The van der Waals surface area contributed by atoms with Gasteiger partial charge in [0.15, 0.2) is 0 Å². The van der Waals surface area contributed by atoms with E-state index in [1.165, 1.54) is 46.2 Å². The van der Waals surface area contributed by atoms with Gasteiger partial charge in [-0.15, -0.1) is 0 Å². The van der Waals surface area contributed by atoms with Crippen molar-refractivity contribution in [3.8, 4) is 0 Å². The normalized spacial score (nSPS) is 8.67. The third kappa shape index (κ3) is 7.31. The smallest absolute Gasteiger partial charge is 1.00 e. The fourth-order valence-corrected chi connectivity index (χ4v) is 2.28. The zero-order valence-corrected chi connectivity index (χ0v) is 17.9. The first kappa shape index (κ1) is 26.1. The Morgan fingerprint density at radius 3 is 1.48 bits per heavy atom. The summed E-state index contributed by atoms with van der Waals surface area (Å²) >= 11 is 0. The van der Waals surface area contributed by atoms with Gasteiger partial charge in [0, 0.05) is 0 Å². The van der Waals surface area contributed by atoms with Gasteiger partial charge in [0.2, 0.25) is 0 Å². The van der Waals surface area contributed by atoms with Gasteiger partial charge in [0.05, 0.1) is 0 Å². The van der Waals surface area contributed by atoms with Crippen LogP contribution in [0.25, 0.3) is 0 Å². The van der Waals surface area contributed by atoms with Crippen LogP contribution in [0.15, 0.2) is 24.3 Å². The second-order valence-corrected chi connectivity index (χ2v) is 5.17. The average Bonchev–Trinajstić information content (AvgIpc) is 2.93. The topological polar surface area (TPSA) is 0 Å². The summed E-state index contributed by atoms with van der Waals surface area (Å²) in [5.74, 6) is 0. The molecule has 0 aliphatic carbocycles. The first-order valence-corrected chi connectivity index (χ1v) is 6.89. The SMILES string of the molecule is CCC[c-]1cccc1.Cc1c(C)c(C)[c-](C)c1C.[Cl-].[Cl-].[Zr+4]. The number of rotatable bonds is 2. The molecule has 0 atom stereocenters. The summed E-state index contributed by atoms with van der Waals surface area (Å²) in [6, 6.07) is 8.52. The molecule has 116 valence electrons. The molecule has 0 bridgehead atoms. The first-order valence-electron chi connectivity index (χ1n) is 6.89. The molecule has 3 heteroatoms. The molecule has 0 N–H and O–H groups in total. The van der Waals surface area contributed by atoms with Gasteiger partial charge in [0.1, 0.15) is 0 Å². The standard InChI is InChI=1S/C10H15.C8H11.2ClH.Zr/c1-6-7(2)9(4)10(5)8(6)3;1-2-5-8-6-3-4-7-8;;;/h1-5H3;3-4,6-7H,2,5H2,1H3;2*1H;/q2*-1;;;+4/p-2. The van der Waals surface area contributed by atoms with Crippen LogP contribution in [0.4, 0.5) is 0 Å². The van der Waals surface area contributed by atoms with Crippen LogP contribution in [0.2, 0.25) is 0 Å². The van der Waals surface area contributed by atoms with Gasteiger partial charge in [-0.05, 0) is 0 Å². The van der Waals surface area contributed by atoms with Gasteiger partial charge in [-0.2, -0.15) is 45.5 Å². The molecule has 2 aromatic carbocycles. The Kier molecular flexibility index (Phi) is 15.7. The summed E-state index contributed by atoms with van der Waals surface area (Å²) in [6.07, 6.45) is 2.48. The summed E-state index contributed by atoms with van der Waals surface area (Å²) in [5.41, 5.74) is 8.80. The Morgan fingerprint density at radius 1 is 0.857 bits per heavy atom. The van der Waals surface area contributed by atoms with E-state index >= 15 is 0 Å². The van der Waals surface area contributed by atoms with Crippen LogP contribution in [-0.2, 0) is 32.6 Å². The van der Waals surface area contributed by atoms with Crippen molar-refractivity contribution >= 4 is 0 Å².